The molecule has 0 saturated carbocycles. The van der Waals surface area contributed by atoms with Crippen molar-refractivity contribution in [2.75, 3.05) is 5.32 Å². The van der Waals surface area contributed by atoms with Crippen molar-refractivity contribution in [1.29, 1.82) is 0 Å². The highest BCUT2D eigenvalue weighted by Gasteiger charge is 2.15. The van der Waals surface area contributed by atoms with Crippen LogP contribution in [0.5, 0.6) is 5.75 Å². The quantitative estimate of drug-likeness (QED) is 0.420. The lowest BCUT2D eigenvalue weighted by molar-refractivity contribution is 0.477. The zero-order chi connectivity index (χ0) is 19.8. The second-order valence-corrected chi connectivity index (χ2v) is 6.49. The number of aromatic nitrogens is 5. The number of hydrogen-bond donors (Lipinski definition) is 3. The average Bonchev–Trinajstić information content (AvgIpc) is 3.41. The fraction of sp³-hybridized carbons (Fsp3) is 0.0476. The number of phenolic OH excluding ortho intramolecular Hbond substituents is 1. The third-order valence-electron chi connectivity index (χ3n) is 4.54. The molecule has 0 aliphatic heterocycles. The minimum atomic E-state index is 0.115. The van der Waals surface area contributed by atoms with E-state index in [4.69, 9.17) is 4.42 Å². The molecule has 0 unspecified atom stereocenters. The van der Waals surface area contributed by atoms with Crippen LogP contribution < -0.4 is 5.32 Å². The Morgan fingerprint density at radius 3 is 2.69 bits per heavy atom. The zero-order valence-corrected chi connectivity index (χ0v) is 15.4. The first kappa shape index (κ1) is 16.9. The molecule has 0 aliphatic rings. The van der Waals surface area contributed by atoms with Crippen LogP contribution in [0, 0.1) is 6.92 Å². The summed E-state index contributed by atoms with van der Waals surface area (Å²) >= 11 is 0. The number of fused-ring (bicyclic) bond motifs is 1. The second kappa shape index (κ2) is 6.75. The summed E-state index contributed by atoms with van der Waals surface area (Å²) in [6.45, 7) is 1.98. The minimum absolute atomic E-state index is 0.115. The van der Waals surface area contributed by atoms with Gasteiger partial charge in [-0.1, -0.05) is 24.3 Å². The van der Waals surface area contributed by atoms with E-state index in [0.29, 0.717) is 34.7 Å². The molecular weight excluding hydrogens is 368 g/mol. The molecule has 29 heavy (non-hydrogen) atoms. The number of furan rings is 1. The van der Waals surface area contributed by atoms with Crippen molar-refractivity contribution in [1.82, 2.24) is 25.1 Å². The molecular formula is C21H16N6O2. The van der Waals surface area contributed by atoms with Crippen LogP contribution in [0.3, 0.4) is 0 Å². The number of rotatable bonds is 4. The molecule has 8 nitrogen and oxygen atoms in total. The van der Waals surface area contributed by atoms with Crippen molar-refractivity contribution in [3.8, 4) is 28.7 Å². The van der Waals surface area contributed by atoms with E-state index < -0.39 is 0 Å². The molecule has 5 aromatic rings. The normalized spacial score (nSPS) is 11.1. The first-order valence-electron chi connectivity index (χ1n) is 8.98. The van der Waals surface area contributed by atoms with E-state index in [-0.39, 0.29) is 5.75 Å². The van der Waals surface area contributed by atoms with Crippen molar-refractivity contribution in [3.63, 3.8) is 0 Å². The molecule has 8 heteroatoms. The monoisotopic (exact) mass is 384 g/mol. The molecule has 0 bridgehead atoms. The van der Waals surface area contributed by atoms with E-state index in [2.05, 4.69) is 30.5 Å². The van der Waals surface area contributed by atoms with Crippen LogP contribution in [0.4, 0.5) is 11.8 Å². The van der Waals surface area contributed by atoms with E-state index in [0.717, 1.165) is 16.5 Å². The van der Waals surface area contributed by atoms with Crippen molar-refractivity contribution in [2.24, 2.45) is 0 Å². The maximum absolute atomic E-state index is 10.3. The Morgan fingerprint density at radius 2 is 1.86 bits per heavy atom. The summed E-state index contributed by atoms with van der Waals surface area (Å²) in [6, 6.07) is 16.4. The molecule has 2 aromatic carbocycles. The van der Waals surface area contributed by atoms with Crippen molar-refractivity contribution >= 4 is 22.7 Å². The smallest absolute Gasteiger partial charge is 0.248 e. The highest BCUT2D eigenvalue weighted by atomic mass is 16.3. The SMILES string of the molecule is Cc1cccc2c(Nc3n[nH]c(-c4ccco4)n3)nc(-c3ccccc3O)nc12. The van der Waals surface area contributed by atoms with Crippen LogP contribution in [0.1, 0.15) is 5.56 Å². The fourth-order valence-corrected chi connectivity index (χ4v) is 3.12. The van der Waals surface area contributed by atoms with Gasteiger partial charge in [0, 0.05) is 5.39 Å². The summed E-state index contributed by atoms with van der Waals surface area (Å²) in [5.41, 5.74) is 2.33. The fourth-order valence-electron chi connectivity index (χ4n) is 3.12. The molecule has 3 aromatic heterocycles. The van der Waals surface area contributed by atoms with Gasteiger partial charge in [0.2, 0.25) is 5.95 Å². The lowest BCUT2D eigenvalue weighted by Gasteiger charge is -2.11. The Hall–Kier alpha value is -4.20. The number of phenols is 1. The van der Waals surface area contributed by atoms with Gasteiger partial charge in [-0.2, -0.15) is 4.98 Å². The van der Waals surface area contributed by atoms with Crippen LogP contribution >= 0.6 is 0 Å². The van der Waals surface area contributed by atoms with Gasteiger partial charge in [0.15, 0.2) is 17.4 Å². The summed E-state index contributed by atoms with van der Waals surface area (Å²) in [5.74, 6) is 2.51. The highest BCUT2D eigenvalue weighted by Crippen LogP contribution is 2.32. The van der Waals surface area contributed by atoms with E-state index in [1.807, 2.05) is 31.2 Å². The number of H-pyrrole nitrogens is 1. The number of aromatic hydroxyl groups is 1. The topological polar surface area (TPSA) is 113 Å². The highest BCUT2D eigenvalue weighted by molar-refractivity contribution is 5.93. The summed E-state index contributed by atoms with van der Waals surface area (Å²) in [7, 11) is 0. The molecule has 3 N–H and O–H groups in total. The maximum atomic E-state index is 10.3. The van der Waals surface area contributed by atoms with Gasteiger partial charge in [-0.15, -0.1) is 5.10 Å². The number of nitrogens with zero attached hydrogens (tertiary/aromatic N) is 4. The predicted molar refractivity (Wildman–Crippen MR) is 109 cm³/mol. The molecule has 0 spiro atoms. The van der Waals surface area contributed by atoms with Crippen LogP contribution in [0.15, 0.2) is 65.3 Å². The summed E-state index contributed by atoms with van der Waals surface area (Å²) < 4.78 is 5.34. The van der Waals surface area contributed by atoms with Crippen LogP contribution in [0.25, 0.3) is 33.9 Å². The van der Waals surface area contributed by atoms with Gasteiger partial charge in [0.1, 0.15) is 11.6 Å². The van der Waals surface area contributed by atoms with Gasteiger partial charge in [-0.05, 0) is 42.8 Å². The zero-order valence-electron chi connectivity index (χ0n) is 15.4. The number of nitrogens with one attached hydrogen (secondary N) is 2. The lowest BCUT2D eigenvalue weighted by atomic mass is 10.1. The molecule has 3 heterocycles. The Balaban J connectivity index is 1.63. The van der Waals surface area contributed by atoms with Crippen molar-refractivity contribution in [3.05, 3.63) is 66.4 Å². The number of hydrogen-bond acceptors (Lipinski definition) is 7. The molecule has 0 aliphatic carbocycles. The van der Waals surface area contributed by atoms with Gasteiger partial charge < -0.3 is 14.8 Å². The van der Waals surface area contributed by atoms with Crippen LogP contribution in [0.2, 0.25) is 0 Å². The standard InChI is InChI=1S/C21H16N6O2/c1-12-6-4-8-14-17(12)22-18(13-7-2-3-9-15(13)28)23-19(14)24-21-25-20(26-27-21)16-10-5-11-29-16/h2-11,28H,1H3,(H2,22,23,24,25,26,27). The molecule has 0 fully saturated rings. The van der Waals surface area contributed by atoms with Gasteiger partial charge in [0.25, 0.3) is 0 Å². The first-order valence-corrected chi connectivity index (χ1v) is 8.98. The second-order valence-electron chi connectivity index (χ2n) is 6.49. The largest absolute Gasteiger partial charge is 0.507 e. The van der Waals surface area contributed by atoms with Gasteiger partial charge in [-0.3, -0.25) is 5.10 Å². The molecule has 0 atom stereocenters. The maximum Gasteiger partial charge on any atom is 0.248 e. The van der Waals surface area contributed by atoms with Gasteiger partial charge in [0.05, 0.1) is 17.3 Å². The number of para-hydroxylation sites is 2. The Labute approximate surface area is 165 Å². The number of aryl methyl sites for hydroxylation is 1. The number of aromatic amines is 1. The van der Waals surface area contributed by atoms with E-state index in [1.54, 1.807) is 36.6 Å². The van der Waals surface area contributed by atoms with E-state index in [1.165, 1.54) is 0 Å². The minimum Gasteiger partial charge on any atom is -0.507 e. The summed E-state index contributed by atoms with van der Waals surface area (Å²) in [6.07, 6.45) is 1.57. The van der Waals surface area contributed by atoms with Crippen LogP contribution in [-0.4, -0.2) is 30.3 Å². The van der Waals surface area contributed by atoms with Crippen molar-refractivity contribution < 1.29 is 9.52 Å². The van der Waals surface area contributed by atoms with Crippen LogP contribution in [-0.2, 0) is 0 Å². The lowest BCUT2D eigenvalue weighted by Crippen LogP contribution is -2.01. The van der Waals surface area contributed by atoms with E-state index >= 15 is 0 Å². The number of anilines is 2. The molecule has 142 valence electrons. The third-order valence-corrected chi connectivity index (χ3v) is 4.54. The first-order chi connectivity index (χ1) is 14.2. The Kier molecular flexibility index (Phi) is 3.94. The van der Waals surface area contributed by atoms with Gasteiger partial charge >= 0.3 is 0 Å². The van der Waals surface area contributed by atoms with E-state index in [9.17, 15) is 5.11 Å². The molecule has 0 radical (unpaired) electrons. The predicted octanol–water partition coefficient (Wildman–Crippen LogP) is 4.43. The third kappa shape index (κ3) is 3.06. The Morgan fingerprint density at radius 1 is 0.966 bits per heavy atom. The van der Waals surface area contributed by atoms with Crippen molar-refractivity contribution in [2.45, 2.75) is 6.92 Å². The van der Waals surface area contributed by atoms with Gasteiger partial charge in [-0.25, -0.2) is 9.97 Å². The summed E-state index contributed by atoms with van der Waals surface area (Å²) in [4.78, 5) is 13.7. The Bertz CT molecular complexity index is 1310. The number of benzene rings is 2. The summed E-state index contributed by atoms with van der Waals surface area (Å²) in [5, 5.41) is 21.3. The molecule has 5 rings (SSSR count). The molecule has 0 amide bonds. The average molecular weight is 384 g/mol. The molecule has 0 saturated heterocycles.